The zero-order chi connectivity index (χ0) is 24.6. The van der Waals surface area contributed by atoms with Crippen molar-refractivity contribution in [2.24, 2.45) is 0 Å². The minimum Gasteiger partial charge on any atom is -0.311 e. The Morgan fingerprint density at radius 1 is 0.667 bits per heavy atom. The van der Waals surface area contributed by atoms with E-state index in [-0.39, 0.29) is 0 Å². The van der Waals surface area contributed by atoms with Gasteiger partial charge in [0.05, 0.1) is 0 Å². The first kappa shape index (κ1) is 22.8. The molecule has 0 atom stereocenters. The molecule has 0 aliphatic heterocycles. The third-order valence-electron chi connectivity index (χ3n) is 7.38. The van der Waals surface area contributed by atoms with Crippen LogP contribution in [-0.2, 0) is 25.7 Å². The molecule has 1 nitrogen and oxygen atoms in total. The predicted molar refractivity (Wildman–Crippen MR) is 157 cm³/mol. The van der Waals surface area contributed by atoms with Crippen molar-refractivity contribution in [3.63, 3.8) is 0 Å². The van der Waals surface area contributed by atoms with E-state index in [0.717, 1.165) is 37.1 Å². The molecule has 0 aromatic heterocycles. The molecule has 0 unspecified atom stereocenters. The van der Waals surface area contributed by atoms with E-state index in [1.54, 1.807) is 0 Å². The molecule has 0 saturated heterocycles. The SMILES string of the molecule is C=C/C=C(\C=C)N(c1ccc(-c2ccccc2)cc1)c1cc2c3c(c1)CCc1cc(Br)cc(c1-3)CC2. The molecular weight excluding hydrogens is 502 g/mol. The average molecular weight is 531 g/mol. The summed E-state index contributed by atoms with van der Waals surface area (Å²) in [7, 11) is 0. The summed E-state index contributed by atoms with van der Waals surface area (Å²) in [4.78, 5) is 2.31. The standard InChI is InChI=1S/C34H28BrN/c1-3-8-30(4-2)36(31-17-15-24(16-18-31)23-9-6-5-7-10-23)32-21-27-13-11-25-19-29(35)20-26-12-14-28(22-32)34(27)33(25)26/h3-10,15-22H,1-2,11-14H2/b30-8+. The van der Waals surface area contributed by atoms with E-state index < -0.39 is 0 Å². The van der Waals surface area contributed by atoms with Gasteiger partial charge in [-0.25, -0.2) is 0 Å². The Labute approximate surface area is 222 Å². The summed E-state index contributed by atoms with van der Waals surface area (Å²) in [5, 5.41) is 0. The molecule has 2 heteroatoms. The lowest BCUT2D eigenvalue weighted by molar-refractivity contribution is 0.874. The van der Waals surface area contributed by atoms with Gasteiger partial charge >= 0.3 is 0 Å². The van der Waals surface area contributed by atoms with E-state index in [0.29, 0.717) is 0 Å². The molecule has 0 spiro atoms. The Bertz CT molecular complexity index is 1460. The van der Waals surface area contributed by atoms with Crippen LogP contribution >= 0.6 is 15.9 Å². The summed E-state index contributed by atoms with van der Waals surface area (Å²) in [6, 6.07) is 28.8. The summed E-state index contributed by atoms with van der Waals surface area (Å²) in [5.74, 6) is 0. The summed E-state index contributed by atoms with van der Waals surface area (Å²) in [5.41, 5.74) is 14.6. The number of halogens is 1. The smallest absolute Gasteiger partial charge is 0.0467 e. The summed E-state index contributed by atoms with van der Waals surface area (Å²) >= 11 is 3.73. The molecule has 0 N–H and O–H groups in total. The maximum Gasteiger partial charge on any atom is 0.0467 e. The lowest BCUT2D eigenvalue weighted by Crippen LogP contribution is -2.19. The van der Waals surface area contributed by atoms with Gasteiger partial charge in [-0.05, 0) is 119 Å². The van der Waals surface area contributed by atoms with Crippen LogP contribution in [0.1, 0.15) is 22.3 Å². The first-order valence-electron chi connectivity index (χ1n) is 12.5. The van der Waals surface area contributed by atoms with E-state index in [9.17, 15) is 0 Å². The Morgan fingerprint density at radius 3 is 1.72 bits per heavy atom. The molecule has 176 valence electrons. The molecule has 0 radical (unpaired) electrons. The largest absolute Gasteiger partial charge is 0.311 e. The predicted octanol–water partition coefficient (Wildman–Crippen LogP) is 9.37. The van der Waals surface area contributed by atoms with E-state index in [1.165, 1.54) is 54.7 Å². The monoisotopic (exact) mass is 529 g/mol. The zero-order valence-corrected chi connectivity index (χ0v) is 21.9. The number of aryl methyl sites for hydroxylation is 4. The van der Waals surface area contributed by atoms with Crippen molar-refractivity contribution >= 4 is 27.3 Å². The molecule has 4 aromatic carbocycles. The van der Waals surface area contributed by atoms with Gasteiger partial charge in [-0.3, -0.25) is 0 Å². The lowest BCUT2D eigenvalue weighted by atomic mass is 9.75. The molecule has 6 rings (SSSR count). The molecule has 36 heavy (non-hydrogen) atoms. The van der Waals surface area contributed by atoms with Gasteiger partial charge in [0.1, 0.15) is 0 Å². The second kappa shape index (κ2) is 9.44. The van der Waals surface area contributed by atoms with Crippen molar-refractivity contribution in [1.29, 1.82) is 0 Å². The van der Waals surface area contributed by atoms with Crippen LogP contribution in [-0.4, -0.2) is 0 Å². The topological polar surface area (TPSA) is 3.24 Å². The number of nitrogens with zero attached hydrogens (tertiary/aromatic N) is 1. The number of allylic oxidation sites excluding steroid dienone is 3. The van der Waals surface area contributed by atoms with Crippen LogP contribution in [0.4, 0.5) is 11.4 Å². The van der Waals surface area contributed by atoms with Crippen molar-refractivity contribution in [3.8, 4) is 22.3 Å². The second-order valence-corrected chi connectivity index (χ2v) is 10.4. The highest BCUT2D eigenvalue weighted by Gasteiger charge is 2.28. The second-order valence-electron chi connectivity index (χ2n) is 9.52. The van der Waals surface area contributed by atoms with E-state index in [4.69, 9.17) is 0 Å². The molecule has 0 fully saturated rings. The Balaban J connectivity index is 1.48. The van der Waals surface area contributed by atoms with Gasteiger partial charge in [0.25, 0.3) is 0 Å². The Morgan fingerprint density at radius 2 is 1.19 bits per heavy atom. The molecule has 2 aliphatic carbocycles. The lowest BCUT2D eigenvalue weighted by Gasteiger charge is -2.33. The molecule has 2 aliphatic rings. The third-order valence-corrected chi connectivity index (χ3v) is 7.83. The van der Waals surface area contributed by atoms with Crippen LogP contribution < -0.4 is 4.90 Å². The number of hydrogen-bond donors (Lipinski definition) is 0. The molecule has 4 aromatic rings. The molecule has 0 saturated carbocycles. The van der Waals surface area contributed by atoms with Gasteiger partial charge in [-0.1, -0.05) is 77.6 Å². The van der Waals surface area contributed by atoms with Gasteiger partial charge in [0.2, 0.25) is 0 Å². The first-order chi connectivity index (χ1) is 17.7. The average Bonchev–Trinajstić information content (AvgIpc) is 2.92. The minimum absolute atomic E-state index is 1.02. The zero-order valence-electron chi connectivity index (χ0n) is 20.3. The van der Waals surface area contributed by atoms with Gasteiger partial charge in [-0.2, -0.15) is 0 Å². The fourth-order valence-electron chi connectivity index (χ4n) is 5.81. The van der Waals surface area contributed by atoms with Crippen LogP contribution in [0.5, 0.6) is 0 Å². The van der Waals surface area contributed by atoms with E-state index in [2.05, 4.69) is 113 Å². The van der Waals surface area contributed by atoms with Crippen molar-refractivity contribution in [3.05, 3.63) is 143 Å². The normalized spacial score (nSPS) is 13.6. The van der Waals surface area contributed by atoms with Crippen molar-refractivity contribution < 1.29 is 0 Å². The summed E-state index contributed by atoms with van der Waals surface area (Å²) in [6.07, 6.45) is 10.1. The van der Waals surface area contributed by atoms with Crippen LogP contribution in [0.15, 0.2) is 120 Å². The van der Waals surface area contributed by atoms with Crippen molar-refractivity contribution in [2.45, 2.75) is 25.7 Å². The number of rotatable bonds is 6. The number of hydrogen-bond acceptors (Lipinski definition) is 1. The Hall–Kier alpha value is -3.62. The highest BCUT2D eigenvalue weighted by Crippen LogP contribution is 2.46. The van der Waals surface area contributed by atoms with Gasteiger partial charge in [0, 0.05) is 21.5 Å². The Kier molecular flexibility index (Phi) is 5.99. The van der Waals surface area contributed by atoms with E-state index in [1.807, 2.05) is 18.2 Å². The summed E-state index contributed by atoms with van der Waals surface area (Å²) in [6.45, 7) is 8.09. The highest BCUT2D eigenvalue weighted by molar-refractivity contribution is 9.10. The number of benzene rings is 4. The third kappa shape index (κ3) is 3.96. The highest BCUT2D eigenvalue weighted by atomic mass is 79.9. The minimum atomic E-state index is 1.02. The van der Waals surface area contributed by atoms with E-state index >= 15 is 0 Å². The molecular formula is C34H28BrN. The van der Waals surface area contributed by atoms with Crippen LogP contribution in [0, 0.1) is 0 Å². The van der Waals surface area contributed by atoms with Crippen LogP contribution in [0.3, 0.4) is 0 Å². The van der Waals surface area contributed by atoms with Gasteiger partial charge in [-0.15, -0.1) is 0 Å². The maximum absolute atomic E-state index is 4.13. The first-order valence-corrected chi connectivity index (χ1v) is 13.3. The van der Waals surface area contributed by atoms with Gasteiger partial charge < -0.3 is 4.90 Å². The fraction of sp³-hybridized carbons (Fsp3) is 0.118. The molecule has 0 amide bonds. The quantitative estimate of drug-likeness (QED) is 0.225. The van der Waals surface area contributed by atoms with Crippen molar-refractivity contribution in [2.75, 3.05) is 4.90 Å². The van der Waals surface area contributed by atoms with Crippen LogP contribution in [0.25, 0.3) is 22.3 Å². The molecule has 0 bridgehead atoms. The number of anilines is 2. The van der Waals surface area contributed by atoms with Crippen molar-refractivity contribution in [1.82, 2.24) is 0 Å². The van der Waals surface area contributed by atoms with Gasteiger partial charge in [0.15, 0.2) is 0 Å². The fourth-order valence-corrected chi connectivity index (χ4v) is 6.36. The summed E-state index contributed by atoms with van der Waals surface area (Å²) < 4.78 is 1.20. The molecule has 0 heterocycles. The maximum atomic E-state index is 4.13. The van der Waals surface area contributed by atoms with Crippen LogP contribution in [0.2, 0.25) is 0 Å².